The van der Waals surface area contributed by atoms with Gasteiger partial charge in [0.05, 0.1) is 7.11 Å². The quantitative estimate of drug-likeness (QED) is 0.542. The van der Waals surface area contributed by atoms with Gasteiger partial charge in [-0.15, -0.1) is 0 Å². The third-order valence-electron chi connectivity index (χ3n) is 4.43. The fourth-order valence-electron chi connectivity index (χ4n) is 2.95. The molecule has 144 valence electrons. The van der Waals surface area contributed by atoms with Crippen LogP contribution in [0.25, 0.3) is 0 Å². The van der Waals surface area contributed by atoms with Gasteiger partial charge in [0.1, 0.15) is 11.5 Å². The number of carbonyl (C=O) groups is 2. The summed E-state index contributed by atoms with van der Waals surface area (Å²) in [4.78, 5) is 37.2. The predicted molar refractivity (Wildman–Crippen MR) is 104 cm³/mol. The zero-order chi connectivity index (χ0) is 19.6. The van der Waals surface area contributed by atoms with Crippen molar-refractivity contribution in [2.24, 2.45) is 0 Å². The largest absolute Gasteiger partial charge is 0.464 e. The fourth-order valence-corrected chi connectivity index (χ4v) is 3.45. The van der Waals surface area contributed by atoms with Crippen molar-refractivity contribution in [3.05, 3.63) is 39.0 Å². The maximum Gasteiger partial charge on any atom is 0.356 e. The molecule has 0 spiro atoms. The predicted octanol–water partition coefficient (Wildman–Crippen LogP) is 2.71. The van der Waals surface area contributed by atoms with Gasteiger partial charge in [-0.25, -0.2) is 14.8 Å². The first-order valence-corrected chi connectivity index (χ1v) is 9.58. The van der Waals surface area contributed by atoms with Crippen molar-refractivity contribution in [2.75, 3.05) is 25.1 Å². The van der Waals surface area contributed by atoms with Gasteiger partial charge in [0, 0.05) is 35.4 Å². The smallest absolute Gasteiger partial charge is 0.356 e. The highest BCUT2D eigenvalue weighted by Gasteiger charge is 2.24. The molecule has 2 aromatic heterocycles. The molecule has 0 bridgehead atoms. The molecule has 3 rings (SSSR count). The lowest BCUT2D eigenvalue weighted by Gasteiger charge is -2.33. The second-order valence-corrected chi connectivity index (χ2v) is 7.46. The van der Waals surface area contributed by atoms with Crippen LogP contribution in [0.3, 0.4) is 0 Å². The van der Waals surface area contributed by atoms with Crippen molar-refractivity contribution in [3.8, 4) is 0 Å². The summed E-state index contributed by atoms with van der Waals surface area (Å²) in [6.07, 6.45) is 1.50. The number of aromatic amines is 1. The number of aromatic nitrogens is 3. The summed E-state index contributed by atoms with van der Waals surface area (Å²) in [7, 11) is 1.29. The molecule has 10 heteroatoms. The number of aryl methyl sites for hydroxylation is 1. The number of ether oxygens (including phenoxy) is 1. The molecule has 1 aliphatic heterocycles. The van der Waals surface area contributed by atoms with Crippen LogP contribution < -0.4 is 10.2 Å². The molecule has 8 nitrogen and oxygen atoms in total. The van der Waals surface area contributed by atoms with E-state index in [1.54, 1.807) is 12.1 Å². The van der Waals surface area contributed by atoms with Crippen LogP contribution in [0.15, 0.2) is 16.6 Å². The molecule has 27 heavy (non-hydrogen) atoms. The SMILES string of the molecule is COC(=O)c1cc(N2CCC(NC(=O)c3cc(Br)c(C)[nH]3)CC2)nc(Cl)n1. The van der Waals surface area contributed by atoms with Crippen LogP contribution in [-0.4, -0.2) is 53.1 Å². The van der Waals surface area contributed by atoms with Crippen LogP contribution >= 0.6 is 27.5 Å². The standard InChI is InChI=1S/C17H19BrClN5O3/c1-9-11(18)7-12(20-9)15(25)21-10-3-5-24(6-4-10)14-8-13(16(26)27-2)22-17(19)23-14/h7-8,10,20H,3-6H2,1-2H3,(H,21,25). The Morgan fingerprint density at radius 2 is 2.04 bits per heavy atom. The minimum Gasteiger partial charge on any atom is -0.464 e. The van der Waals surface area contributed by atoms with Crippen LogP contribution in [0.4, 0.5) is 5.82 Å². The van der Waals surface area contributed by atoms with E-state index in [9.17, 15) is 9.59 Å². The Hall–Kier alpha value is -2.13. The van der Waals surface area contributed by atoms with Crippen molar-refractivity contribution in [3.63, 3.8) is 0 Å². The van der Waals surface area contributed by atoms with Gasteiger partial charge in [0.15, 0.2) is 5.69 Å². The van der Waals surface area contributed by atoms with Gasteiger partial charge in [-0.05, 0) is 53.4 Å². The number of halogens is 2. The Morgan fingerprint density at radius 3 is 2.63 bits per heavy atom. The van der Waals surface area contributed by atoms with E-state index in [4.69, 9.17) is 11.6 Å². The lowest BCUT2D eigenvalue weighted by Crippen LogP contribution is -2.45. The summed E-state index contributed by atoms with van der Waals surface area (Å²) in [6, 6.07) is 3.40. The highest BCUT2D eigenvalue weighted by molar-refractivity contribution is 9.10. The minimum absolute atomic E-state index is 0.00369. The number of piperidine rings is 1. The summed E-state index contributed by atoms with van der Waals surface area (Å²) in [5.74, 6) is -0.112. The number of amides is 1. The van der Waals surface area contributed by atoms with Gasteiger partial charge in [0.2, 0.25) is 5.28 Å². The van der Waals surface area contributed by atoms with Crippen molar-refractivity contribution < 1.29 is 14.3 Å². The van der Waals surface area contributed by atoms with Crippen LogP contribution in [0.1, 0.15) is 39.5 Å². The monoisotopic (exact) mass is 455 g/mol. The molecule has 1 aliphatic rings. The summed E-state index contributed by atoms with van der Waals surface area (Å²) in [6.45, 7) is 3.24. The molecule has 0 radical (unpaired) electrons. The Balaban J connectivity index is 1.61. The molecule has 0 aliphatic carbocycles. The Bertz CT molecular complexity index is 845. The summed E-state index contributed by atoms with van der Waals surface area (Å²) < 4.78 is 5.57. The van der Waals surface area contributed by atoms with Gasteiger partial charge in [-0.3, -0.25) is 4.79 Å². The molecule has 2 aromatic rings. The Labute approximate surface area is 169 Å². The lowest BCUT2D eigenvalue weighted by atomic mass is 10.0. The maximum atomic E-state index is 12.4. The van der Waals surface area contributed by atoms with E-state index in [1.807, 2.05) is 11.8 Å². The topological polar surface area (TPSA) is 100 Å². The first-order chi connectivity index (χ1) is 12.9. The van der Waals surface area contributed by atoms with Crippen molar-refractivity contribution >= 4 is 45.2 Å². The molecule has 1 saturated heterocycles. The van der Waals surface area contributed by atoms with Gasteiger partial charge in [-0.2, -0.15) is 0 Å². The van der Waals surface area contributed by atoms with Crippen LogP contribution in [0.2, 0.25) is 5.28 Å². The van der Waals surface area contributed by atoms with Crippen LogP contribution in [0.5, 0.6) is 0 Å². The molecule has 0 unspecified atom stereocenters. The molecule has 0 atom stereocenters. The first-order valence-electron chi connectivity index (χ1n) is 8.41. The number of carbonyl (C=O) groups excluding carboxylic acids is 2. The molecule has 3 heterocycles. The number of anilines is 1. The minimum atomic E-state index is -0.560. The third kappa shape index (κ3) is 4.59. The van der Waals surface area contributed by atoms with Gasteiger partial charge in [0.25, 0.3) is 5.91 Å². The average molecular weight is 457 g/mol. The lowest BCUT2D eigenvalue weighted by molar-refractivity contribution is 0.0593. The number of esters is 1. The van der Waals surface area contributed by atoms with Crippen molar-refractivity contribution in [1.82, 2.24) is 20.3 Å². The van der Waals surface area contributed by atoms with E-state index >= 15 is 0 Å². The Morgan fingerprint density at radius 1 is 1.33 bits per heavy atom. The van der Waals surface area contributed by atoms with Gasteiger partial charge < -0.3 is 19.9 Å². The van der Waals surface area contributed by atoms with Gasteiger partial charge >= 0.3 is 5.97 Å². The number of H-pyrrole nitrogens is 1. The van der Waals surface area contributed by atoms with E-state index in [2.05, 4.69) is 40.9 Å². The molecule has 1 amide bonds. The zero-order valence-corrected chi connectivity index (χ0v) is 17.2. The fraction of sp³-hybridized carbons (Fsp3) is 0.412. The van der Waals surface area contributed by atoms with Crippen molar-refractivity contribution in [2.45, 2.75) is 25.8 Å². The van der Waals surface area contributed by atoms with Gasteiger partial charge in [-0.1, -0.05) is 0 Å². The zero-order valence-electron chi connectivity index (χ0n) is 14.9. The normalized spacial score (nSPS) is 14.9. The molecule has 0 saturated carbocycles. The van der Waals surface area contributed by atoms with Crippen LogP contribution in [-0.2, 0) is 4.74 Å². The number of hydrogen-bond donors (Lipinski definition) is 2. The third-order valence-corrected chi connectivity index (χ3v) is 5.42. The van der Waals surface area contributed by atoms with E-state index in [-0.39, 0.29) is 22.9 Å². The molecule has 2 N–H and O–H groups in total. The number of methoxy groups -OCH3 is 1. The van der Waals surface area contributed by atoms with E-state index in [0.29, 0.717) is 24.6 Å². The number of nitrogens with zero attached hydrogens (tertiary/aromatic N) is 3. The second-order valence-electron chi connectivity index (χ2n) is 6.26. The van der Waals surface area contributed by atoms with Crippen molar-refractivity contribution in [1.29, 1.82) is 0 Å². The second kappa shape index (κ2) is 8.26. The summed E-state index contributed by atoms with van der Waals surface area (Å²) in [5, 5.41) is 3.04. The molecule has 0 aromatic carbocycles. The summed E-state index contributed by atoms with van der Waals surface area (Å²) in [5.41, 5.74) is 1.57. The molecule has 1 fully saturated rings. The first kappa shape index (κ1) is 19.6. The summed E-state index contributed by atoms with van der Waals surface area (Å²) >= 11 is 9.33. The van der Waals surface area contributed by atoms with E-state index < -0.39 is 5.97 Å². The average Bonchev–Trinajstić information content (AvgIpc) is 3.00. The van der Waals surface area contributed by atoms with Crippen LogP contribution in [0, 0.1) is 6.92 Å². The van der Waals surface area contributed by atoms with E-state index in [0.717, 1.165) is 23.0 Å². The number of hydrogen-bond acceptors (Lipinski definition) is 6. The molecular weight excluding hydrogens is 438 g/mol. The maximum absolute atomic E-state index is 12.4. The number of nitrogens with one attached hydrogen (secondary N) is 2. The molecular formula is C17H19BrClN5O3. The number of rotatable bonds is 4. The van der Waals surface area contributed by atoms with E-state index in [1.165, 1.54) is 7.11 Å². The highest BCUT2D eigenvalue weighted by atomic mass is 79.9. The highest BCUT2D eigenvalue weighted by Crippen LogP contribution is 2.21. The Kier molecular flexibility index (Phi) is 6.01.